The Morgan fingerprint density at radius 1 is 1.38 bits per heavy atom. The highest BCUT2D eigenvalue weighted by molar-refractivity contribution is 9.10. The van der Waals surface area contributed by atoms with E-state index in [1.165, 1.54) is 28.6 Å². The number of halogens is 1. The zero-order valence-corrected chi connectivity index (χ0v) is 9.36. The summed E-state index contributed by atoms with van der Waals surface area (Å²) < 4.78 is 6.98. The van der Waals surface area contributed by atoms with E-state index in [0.717, 1.165) is 10.4 Å². The molecule has 1 saturated carbocycles. The molecule has 1 aromatic heterocycles. The Morgan fingerprint density at radius 2 is 2.23 bits per heavy atom. The predicted molar refractivity (Wildman–Crippen MR) is 59.3 cm³/mol. The first-order valence-corrected chi connectivity index (χ1v) is 5.96. The third-order valence-corrected chi connectivity index (χ3v) is 3.76. The summed E-state index contributed by atoms with van der Waals surface area (Å²) in [5, 5.41) is 1.35. The maximum absolute atomic E-state index is 4.52. The van der Waals surface area contributed by atoms with Crippen molar-refractivity contribution in [2.45, 2.75) is 18.8 Å². The average Bonchev–Trinajstić information content (AvgIpc) is 2.87. The highest BCUT2D eigenvalue weighted by Crippen LogP contribution is 2.43. The molecule has 1 aliphatic carbocycles. The van der Waals surface area contributed by atoms with Crippen molar-refractivity contribution in [3.63, 3.8) is 0 Å². The standard InChI is InChI=1S/C10H8BrNS/c11-7-3-4-9-8(5-7)10(12-13-9)6-1-2-6/h3-6H,1-2H2. The van der Waals surface area contributed by atoms with Crippen LogP contribution < -0.4 is 0 Å². The van der Waals surface area contributed by atoms with Gasteiger partial charge in [0.1, 0.15) is 0 Å². The number of nitrogens with zero attached hydrogens (tertiary/aromatic N) is 1. The maximum atomic E-state index is 4.52. The molecule has 0 saturated heterocycles. The number of hydrogen-bond acceptors (Lipinski definition) is 2. The summed E-state index contributed by atoms with van der Waals surface area (Å²) in [4.78, 5) is 0. The minimum absolute atomic E-state index is 0.753. The minimum Gasteiger partial charge on any atom is -0.196 e. The van der Waals surface area contributed by atoms with Gasteiger partial charge < -0.3 is 0 Å². The van der Waals surface area contributed by atoms with Crippen LogP contribution in [-0.2, 0) is 0 Å². The Balaban J connectivity index is 2.29. The lowest BCUT2D eigenvalue weighted by atomic mass is 10.2. The van der Waals surface area contributed by atoms with Crippen LogP contribution in [0.2, 0.25) is 0 Å². The first-order valence-electron chi connectivity index (χ1n) is 4.39. The normalized spacial score (nSPS) is 16.7. The number of hydrogen-bond donors (Lipinski definition) is 0. The largest absolute Gasteiger partial charge is 0.196 e. The van der Waals surface area contributed by atoms with Crippen LogP contribution in [0.3, 0.4) is 0 Å². The van der Waals surface area contributed by atoms with Gasteiger partial charge >= 0.3 is 0 Å². The molecular weight excluding hydrogens is 246 g/mol. The van der Waals surface area contributed by atoms with Crippen LogP contribution >= 0.6 is 27.5 Å². The maximum Gasteiger partial charge on any atom is 0.0652 e. The van der Waals surface area contributed by atoms with Gasteiger partial charge in [0.15, 0.2) is 0 Å². The third kappa shape index (κ3) is 1.30. The van der Waals surface area contributed by atoms with Crippen molar-refractivity contribution in [3.05, 3.63) is 28.4 Å². The molecule has 1 nitrogen and oxygen atoms in total. The van der Waals surface area contributed by atoms with Crippen LogP contribution in [0.1, 0.15) is 24.5 Å². The van der Waals surface area contributed by atoms with Crippen LogP contribution in [0.5, 0.6) is 0 Å². The van der Waals surface area contributed by atoms with Gasteiger partial charge in [0.25, 0.3) is 0 Å². The molecule has 1 aromatic carbocycles. The van der Waals surface area contributed by atoms with Crippen molar-refractivity contribution in [3.8, 4) is 0 Å². The van der Waals surface area contributed by atoms with Gasteiger partial charge in [-0.25, -0.2) is 0 Å². The van der Waals surface area contributed by atoms with E-state index >= 15 is 0 Å². The fourth-order valence-corrected chi connectivity index (χ4v) is 2.78. The van der Waals surface area contributed by atoms with E-state index in [1.54, 1.807) is 11.5 Å². The molecule has 0 bridgehead atoms. The molecule has 66 valence electrons. The van der Waals surface area contributed by atoms with Crippen LogP contribution in [-0.4, -0.2) is 4.37 Å². The molecule has 0 unspecified atom stereocenters. The van der Waals surface area contributed by atoms with Crippen LogP contribution in [0.15, 0.2) is 22.7 Å². The zero-order valence-electron chi connectivity index (χ0n) is 6.96. The molecule has 0 amide bonds. The molecule has 0 N–H and O–H groups in total. The Morgan fingerprint density at radius 3 is 3.00 bits per heavy atom. The molecule has 1 fully saturated rings. The lowest BCUT2D eigenvalue weighted by Gasteiger charge is -1.93. The SMILES string of the molecule is Brc1ccc2snc(C3CC3)c2c1. The van der Waals surface area contributed by atoms with E-state index in [2.05, 4.69) is 38.5 Å². The number of fused-ring (bicyclic) bond motifs is 1. The van der Waals surface area contributed by atoms with Gasteiger partial charge in [0, 0.05) is 15.8 Å². The van der Waals surface area contributed by atoms with Crippen LogP contribution in [0.25, 0.3) is 10.1 Å². The fourth-order valence-electron chi connectivity index (χ4n) is 1.58. The summed E-state index contributed by atoms with van der Waals surface area (Å²) in [7, 11) is 0. The highest BCUT2D eigenvalue weighted by atomic mass is 79.9. The van der Waals surface area contributed by atoms with Crippen LogP contribution in [0, 0.1) is 0 Å². The molecule has 0 aliphatic heterocycles. The Bertz CT molecular complexity index is 459. The van der Waals surface area contributed by atoms with E-state index in [-0.39, 0.29) is 0 Å². The molecule has 1 aliphatic rings. The summed E-state index contributed by atoms with van der Waals surface area (Å²) >= 11 is 5.12. The van der Waals surface area contributed by atoms with Gasteiger partial charge in [-0.1, -0.05) is 15.9 Å². The molecule has 3 rings (SSSR count). The molecule has 0 atom stereocenters. The van der Waals surface area contributed by atoms with Crippen molar-refractivity contribution in [2.75, 3.05) is 0 Å². The monoisotopic (exact) mass is 253 g/mol. The predicted octanol–water partition coefficient (Wildman–Crippen LogP) is 3.94. The van der Waals surface area contributed by atoms with Crippen molar-refractivity contribution in [1.29, 1.82) is 0 Å². The van der Waals surface area contributed by atoms with Crippen molar-refractivity contribution in [1.82, 2.24) is 4.37 Å². The Kier molecular flexibility index (Phi) is 1.70. The zero-order chi connectivity index (χ0) is 8.84. The lowest BCUT2D eigenvalue weighted by molar-refractivity contribution is 1.09. The molecule has 3 heteroatoms. The smallest absolute Gasteiger partial charge is 0.0652 e. The quantitative estimate of drug-likeness (QED) is 0.751. The van der Waals surface area contributed by atoms with Crippen molar-refractivity contribution in [2.24, 2.45) is 0 Å². The van der Waals surface area contributed by atoms with E-state index < -0.39 is 0 Å². The highest BCUT2D eigenvalue weighted by Gasteiger charge is 2.27. The summed E-state index contributed by atoms with van der Waals surface area (Å²) in [5.74, 6) is 0.753. The Labute approximate surface area is 89.1 Å². The van der Waals surface area contributed by atoms with Gasteiger partial charge in [0.05, 0.1) is 10.4 Å². The number of aromatic nitrogens is 1. The van der Waals surface area contributed by atoms with E-state index in [0.29, 0.717) is 0 Å². The van der Waals surface area contributed by atoms with Crippen molar-refractivity contribution >= 4 is 37.5 Å². The summed E-state index contributed by atoms with van der Waals surface area (Å²) in [6.07, 6.45) is 2.65. The summed E-state index contributed by atoms with van der Waals surface area (Å²) in [6.45, 7) is 0. The van der Waals surface area contributed by atoms with Gasteiger partial charge in [-0.15, -0.1) is 0 Å². The van der Waals surface area contributed by atoms with Gasteiger partial charge in [-0.2, -0.15) is 4.37 Å². The fraction of sp³-hybridized carbons (Fsp3) is 0.300. The first-order chi connectivity index (χ1) is 6.34. The van der Waals surface area contributed by atoms with Crippen LogP contribution in [0.4, 0.5) is 0 Å². The minimum atomic E-state index is 0.753. The number of rotatable bonds is 1. The second-order valence-electron chi connectivity index (χ2n) is 3.48. The average molecular weight is 254 g/mol. The molecule has 2 aromatic rings. The van der Waals surface area contributed by atoms with Gasteiger partial charge in [-0.3, -0.25) is 0 Å². The molecule has 1 heterocycles. The van der Waals surface area contributed by atoms with E-state index in [1.807, 2.05) is 0 Å². The first kappa shape index (κ1) is 7.94. The molecule has 13 heavy (non-hydrogen) atoms. The molecule has 0 radical (unpaired) electrons. The molecular formula is C10H8BrNS. The van der Waals surface area contributed by atoms with E-state index in [4.69, 9.17) is 0 Å². The summed E-state index contributed by atoms with van der Waals surface area (Å²) in [5.41, 5.74) is 1.32. The topological polar surface area (TPSA) is 12.9 Å². The van der Waals surface area contributed by atoms with Gasteiger partial charge in [0.2, 0.25) is 0 Å². The van der Waals surface area contributed by atoms with Gasteiger partial charge in [-0.05, 0) is 42.6 Å². The lowest BCUT2D eigenvalue weighted by Crippen LogP contribution is -1.77. The summed E-state index contributed by atoms with van der Waals surface area (Å²) in [6, 6.07) is 6.41. The Hall–Kier alpha value is -0.410. The third-order valence-electron chi connectivity index (χ3n) is 2.42. The van der Waals surface area contributed by atoms with Crippen molar-refractivity contribution < 1.29 is 0 Å². The second kappa shape index (κ2) is 2.79. The second-order valence-corrected chi connectivity index (χ2v) is 5.20. The van der Waals surface area contributed by atoms with E-state index in [9.17, 15) is 0 Å². The molecule has 0 spiro atoms. The number of benzene rings is 1.